The molecule has 0 saturated heterocycles. The molecule has 1 aromatic carbocycles. The van der Waals surface area contributed by atoms with Crippen LogP contribution in [0.25, 0.3) is 10.9 Å². The lowest BCUT2D eigenvalue weighted by atomic mass is 10.0. The van der Waals surface area contributed by atoms with Gasteiger partial charge in [0, 0.05) is 19.8 Å². The number of hydrogen-bond acceptors (Lipinski definition) is 6. The van der Waals surface area contributed by atoms with Gasteiger partial charge in [0.25, 0.3) is 0 Å². The predicted octanol–water partition coefficient (Wildman–Crippen LogP) is 3.79. The third kappa shape index (κ3) is 5.50. The number of aromatic amines is 1. The first-order valence-corrected chi connectivity index (χ1v) is 10.2. The standard InChI is InChI=1S/C22H29N5O4/c1-5-11-31-14(2)20(15-9-7-6-8-10-15)25-22(28)24-18-12-16-19(17(23-18)13-29-3)21(30-4)27-26-16/h6-10,12,14,20H,5,11,13H2,1-4H3,(H,26,27)(H2,23,24,25,28). The van der Waals surface area contributed by atoms with Crippen LogP contribution in [0.1, 0.15) is 37.6 Å². The summed E-state index contributed by atoms with van der Waals surface area (Å²) in [4.78, 5) is 17.4. The maximum atomic E-state index is 12.8. The first kappa shape index (κ1) is 22.5. The predicted molar refractivity (Wildman–Crippen MR) is 118 cm³/mol. The first-order valence-electron chi connectivity index (χ1n) is 10.2. The fourth-order valence-corrected chi connectivity index (χ4v) is 3.37. The minimum atomic E-state index is -0.387. The van der Waals surface area contributed by atoms with Crippen LogP contribution in [0.15, 0.2) is 36.4 Å². The van der Waals surface area contributed by atoms with Gasteiger partial charge in [0.2, 0.25) is 5.88 Å². The first-order chi connectivity index (χ1) is 15.1. The van der Waals surface area contributed by atoms with Gasteiger partial charge in [-0.2, -0.15) is 0 Å². The van der Waals surface area contributed by atoms with E-state index in [-0.39, 0.29) is 24.8 Å². The highest BCUT2D eigenvalue weighted by Crippen LogP contribution is 2.28. The SMILES string of the molecule is CCCOC(C)C(NC(=O)Nc1cc2[nH]nc(OC)c2c(COC)n1)c1ccccc1. The summed E-state index contributed by atoms with van der Waals surface area (Å²) in [6.45, 7) is 4.87. The number of fused-ring (bicyclic) bond motifs is 1. The molecule has 0 radical (unpaired) electrons. The Bertz CT molecular complexity index is 992. The molecule has 0 aliphatic rings. The molecule has 2 unspecified atom stereocenters. The van der Waals surface area contributed by atoms with Gasteiger partial charge < -0.3 is 19.5 Å². The van der Waals surface area contributed by atoms with Crippen molar-refractivity contribution in [2.75, 3.05) is 26.1 Å². The van der Waals surface area contributed by atoms with Gasteiger partial charge in [0.05, 0.1) is 42.5 Å². The summed E-state index contributed by atoms with van der Waals surface area (Å²) in [6.07, 6.45) is 0.696. The van der Waals surface area contributed by atoms with E-state index in [1.165, 1.54) is 7.11 Å². The monoisotopic (exact) mass is 427 g/mol. The summed E-state index contributed by atoms with van der Waals surface area (Å²) >= 11 is 0. The summed E-state index contributed by atoms with van der Waals surface area (Å²) < 4.78 is 16.4. The number of hydrogen-bond donors (Lipinski definition) is 3. The van der Waals surface area contributed by atoms with Crippen molar-refractivity contribution >= 4 is 22.8 Å². The number of amides is 2. The highest BCUT2D eigenvalue weighted by atomic mass is 16.5. The van der Waals surface area contributed by atoms with Crippen LogP contribution >= 0.6 is 0 Å². The zero-order chi connectivity index (χ0) is 22.2. The van der Waals surface area contributed by atoms with Crippen LogP contribution < -0.4 is 15.4 Å². The summed E-state index contributed by atoms with van der Waals surface area (Å²) in [5, 5.41) is 13.6. The smallest absolute Gasteiger partial charge is 0.320 e. The van der Waals surface area contributed by atoms with Crippen LogP contribution in [-0.4, -0.2) is 48.1 Å². The van der Waals surface area contributed by atoms with Gasteiger partial charge in [-0.3, -0.25) is 10.4 Å². The molecular formula is C22H29N5O4. The Morgan fingerprint density at radius 3 is 2.68 bits per heavy atom. The fourth-order valence-electron chi connectivity index (χ4n) is 3.37. The molecule has 3 aromatic rings. The maximum absolute atomic E-state index is 12.8. The number of pyridine rings is 1. The van der Waals surface area contributed by atoms with Crippen molar-refractivity contribution in [2.45, 2.75) is 39.0 Å². The zero-order valence-corrected chi connectivity index (χ0v) is 18.3. The summed E-state index contributed by atoms with van der Waals surface area (Å²) in [6, 6.07) is 10.7. The molecule has 9 nitrogen and oxygen atoms in total. The van der Waals surface area contributed by atoms with Crippen molar-refractivity contribution in [1.82, 2.24) is 20.5 Å². The lowest BCUT2D eigenvalue weighted by Crippen LogP contribution is -2.39. The summed E-state index contributed by atoms with van der Waals surface area (Å²) in [7, 11) is 3.12. The summed E-state index contributed by atoms with van der Waals surface area (Å²) in [5.41, 5.74) is 2.26. The van der Waals surface area contributed by atoms with Crippen molar-refractivity contribution in [3.8, 4) is 5.88 Å². The Kier molecular flexibility index (Phi) is 7.80. The van der Waals surface area contributed by atoms with Gasteiger partial charge in [-0.1, -0.05) is 37.3 Å². The van der Waals surface area contributed by atoms with E-state index in [4.69, 9.17) is 14.2 Å². The summed E-state index contributed by atoms with van der Waals surface area (Å²) in [5.74, 6) is 0.800. The minimum Gasteiger partial charge on any atom is -0.479 e. The second-order valence-electron chi connectivity index (χ2n) is 7.11. The minimum absolute atomic E-state index is 0.204. The molecule has 9 heteroatoms. The van der Waals surface area contributed by atoms with Gasteiger partial charge in [-0.05, 0) is 18.9 Å². The molecule has 0 fully saturated rings. The van der Waals surface area contributed by atoms with E-state index in [0.717, 1.165) is 17.4 Å². The Hall–Kier alpha value is -3.17. The van der Waals surface area contributed by atoms with Gasteiger partial charge in [0.15, 0.2) is 0 Å². The molecule has 2 heterocycles. The molecule has 3 N–H and O–H groups in total. The topological polar surface area (TPSA) is 110 Å². The number of anilines is 1. The number of nitrogens with one attached hydrogen (secondary N) is 3. The molecule has 0 aliphatic heterocycles. The van der Waals surface area contributed by atoms with Crippen molar-refractivity contribution in [3.05, 3.63) is 47.7 Å². The third-order valence-corrected chi connectivity index (χ3v) is 4.80. The second kappa shape index (κ2) is 10.7. The largest absolute Gasteiger partial charge is 0.479 e. The van der Waals surface area contributed by atoms with E-state index < -0.39 is 0 Å². The van der Waals surface area contributed by atoms with Crippen molar-refractivity contribution in [2.24, 2.45) is 0 Å². The van der Waals surface area contributed by atoms with Crippen LogP contribution in [0.4, 0.5) is 10.6 Å². The number of benzene rings is 1. The number of aromatic nitrogens is 3. The van der Waals surface area contributed by atoms with E-state index >= 15 is 0 Å². The van der Waals surface area contributed by atoms with Crippen LogP contribution in [0, 0.1) is 0 Å². The lowest BCUT2D eigenvalue weighted by Gasteiger charge is -2.26. The van der Waals surface area contributed by atoms with Crippen LogP contribution in [0.2, 0.25) is 0 Å². The van der Waals surface area contributed by atoms with Gasteiger partial charge >= 0.3 is 6.03 Å². The number of rotatable bonds is 10. The molecule has 2 amide bonds. The molecule has 31 heavy (non-hydrogen) atoms. The fraction of sp³-hybridized carbons (Fsp3) is 0.409. The molecule has 0 bridgehead atoms. The van der Waals surface area contributed by atoms with Crippen LogP contribution in [0.5, 0.6) is 5.88 Å². The second-order valence-corrected chi connectivity index (χ2v) is 7.11. The molecule has 2 atom stereocenters. The van der Waals surface area contributed by atoms with Crippen molar-refractivity contribution in [3.63, 3.8) is 0 Å². The molecule has 2 aromatic heterocycles. The number of urea groups is 1. The van der Waals surface area contributed by atoms with E-state index in [2.05, 4.69) is 25.8 Å². The number of H-pyrrole nitrogens is 1. The Morgan fingerprint density at radius 2 is 2.00 bits per heavy atom. The Morgan fingerprint density at radius 1 is 1.23 bits per heavy atom. The van der Waals surface area contributed by atoms with Crippen LogP contribution in [-0.2, 0) is 16.1 Å². The van der Waals surface area contributed by atoms with Crippen molar-refractivity contribution < 1.29 is 19.0 Å². The quantitative estimate of drug-likeness (QED) is 0.454. The highest BCUT2D eigenvalue weighted by Gasteiger charge is 2.23. The van der Waals surface area contributed by atoms with Crippen LogP contribution in [0.3, 0.4) is 0 Å². The molecule has 0 spiro atoms. The van der Waals surface area contributed by atoms with Gasteiger partial charge in [-0.25, -0.2) is 9.78 Å². The normalized spacial score (nSPS) is 13.0. The third-order valence-electron chi connectivity index (χ3n) is 4.80. The van der Waals surface area contributed by atoms with Crippen molar-refractivity contribution in [1.29, 1.82) is 0 Å². The molecule has 3 rings (SSSR count). The zero-order valence-electron chi connectivity index (χ0n) is 18.3. The van der Waals surface area contributed by atoms with Gasteiger partial charge in [-0.15, -0.1) is 5.10 Å². The highest BCUT2D eigenvalue weighted by molar-refractivity contribution is 5.93. The van der Waals surface area contributed by atoms with E-state index in [1.54, 1.807) is 13.2 Å². The Balaban J connectivity index is 1.81. The number of carbonyl (C=O) groups excluding carboxylic acids is 1. The van der Waals surface area contributed by atoms with E-state index in [9.17, 15) is 4.79 Å². The number of carbonyl (C=O) groups is 1. The van der Waals surface area contributed by atoms with E-state index in [0.29, 0.717) is 29.5 Å². The number of methoxy groups -OCH3 is 2. The average molecular weight is 428 g/mol. The number of nitrogens with zero attached hydrogens (tertiary/aromatic N) is 2. The number of ether oxygens (including phenoxy) is 3. The average Bonchev–Trinajstić information content (AvgIpc) is 3.20. The molecule has 0 saturated carbocycles. The van der Waals surface area contributed by atoms with Gasteiger partial charge in [0.1, 0.15) is 5.82 Å². The molecule has 166 valence electrons. The molecular weight excluding hydrogens is 398 g/mol. The Labute approximate surface area is 181 Å². The molecule has 0 aliphatic carbocycles. The lowest BCUT2D eigenvalue weighted by molar-refractivity contribution is 0.0418. The van der Waals surface area contributed by atoms with E-state index in [1.807, 2.05) is 44.2 Å². The maximum Gasteiger partial charge on any atom is 0.320 e.